The Hall–Kier alpha value is -2.02. The molecule has 1 saturated heterocycles. The van der Waals surface area contributed by atoms with Crippen molar-refractivity contribution < 1.29 is 10.2 Å². The Morgan fingerprint density at radius 3 is 2.58 bits per heavy atom. The topological polar surface area (TPSA) is 81.5 Å². The number of nitrogens with zero attached hydrogens (tertiary/aromatic N) is 3. The van der Waals surface area contributed by atoms with Crippen LogP contribution < -0.4 is 5.32 Å². The maximum Gasteiger partial charge on any atom is 0.222 e. The van der Waals surface area contributed by atoms with E-state index in [-0.39, 0.29) is 6.61 Å². The number of β-amino-alcohol motifs (C(OH)–C–C–N with tert-alkyl or cyclic N) is 1. The molecule has 0 amide bonds. The number of aliphatic hydroxyl groups is 2. The van der Waals surface area contributed by atoms with E-state index < -0.39 is 5.60 Å². The van der Waals surface area contributed by atoms with Gasteiger partial charge < -0.3 is 15.5 Å². The zero-order valence-corrected chi connectivity index (χ0v) is 13.7. The quantitative estimate of drug-likeness (QED) is 0.744. The summed E-state index contributed by atoms with van der Waals surface area (Å²) in [6, 6.07) is 10.1. The minimum absolute atomic E-state index is 0.192. The number of aliphatic hydroxyl groups excluding tert-OH is 1. The number of rotatable bonds is 6. The molecule has 0 bridgehead atoms. The molecule has 1 aliphatic heterocycles. The molecule has 24 heavy (non-hydrogen) atoms. The number of hydrogen-bond donors (Lipinski definition) is 3. The van der Waals surface area contributed by atoms with Crippen LogP contribution in [0.4, 0.5) is 5.95 Å². The van der Waals surface area contributed by atoms with Crippen LogP contribution in [0, 0.1) is 0 Å². The van der Waals surface area contributed by atoms with Crippen LogP contribution in [0.5, 0.6) is 0 Å². The van der Waals surface area contributed by atoms with E-state index in [4.69, 9.17) is 0 Å². The second kappa shape index (κ2) is 7.70. The van der Waals surface area contributed by atoms with Crippen molar-refractivity contribution in [3.63, 3.8) is 0 Å². The van der Waals surface area contributed by atoms with Gasteiger partial charge in [-0.1, -0.05) is 30.3 Å². The van der Waals surface area contributed by atoms with Gasteiger partial charge in [0.25, 0.3) is 0 Å². The summed E-state index contributed by atoms with van der Waals surface area (Å²) in [6.45, 7) is 2.58. The molecule has 0 spiro atoms. The fraction of sp³-hybridized carbons (Fsp3) is 0.444. The summed E-state index contributed by atoms with van der Waals surface area (Å²) < 4.78 is 0. The van der Waals surface area contributed by atoms with Gasteiger partial charge in [-0.05, 0) is 24.9 Å². The molecule has 2 heterocycles. The van der Waals surface area contributed by atoms with E-state index in [1.54, 1.807) is 0 Å². The molecule has 0 aliphatic carbocycles. The third-order valence-electron chi connectivity index (χ3n) is 4.33. The third kappa shape index (κ3) is 4.50. The maximum atomic E-state index is 10.2. The monoisotopic (exact) mass is 328 g/mol. The number of nitrogens with one attached hydrogen (secondary N) is 1. The lowest BCUT2D eigenvalue weighted by molar-refractivity contribution is -0.0687. The van der Waals surface area contributed by atoms with Crippen LogP contribution in [0.3, 0.4) is 0 Å². The van der Waals surface area contributed by atoms with E-state index in [1.807, 2.05) is 30.6 Å². The molecule has 1 aromatic heterocycles. The smallest absolute Gasteiger partial charge is 0.222 e. The average molecular weight is 328 g/mol. The predicted molar refractivity (Wildman–Crippen MR) is 92.3 cm³/mol. The first-order valence-corrected chi connectivity index (χ1v) is 8.31. The SMILES string of the molecule is OCC1(O)CCCN(Cc2cnc(NCc3ccccc3)nc2)C1. The summed E-state index contributed by atoms with van der Waals surface area (Å²) in [5.74, 6) is 0.605. The molecule has 1 aromatic carbocycles. The molecule has 1 fully saturated rings. The summed E-state index contributed by atoms with van der Waals surface area (Å²) >= 11 is 0. The Morgan fingerprint density at radius 1 is 1.12 bits per heavy atom. The van der Waals surface area contributed by atoms with Crippen LogP contribution in [0.25, 0.3) is 0 Å². The number of likely N-dealkylation sites (tertiary alicyclic amines) is 1. The summed E-state index contributed by atoms with van der Waals surface area (Å²) in [7, 11) is 0. The molecule has 0 radical (unpaired) electrons. The van der Waals surface area contributed by atoms with Gasteiger partial charge in [0.05, 0.1) is 6.61 Å². The first-order valence-electron chi connectivity index (χ1n) is 8.31. The largest absolute Gasteiger partial charge is 0.393 e. The van der Waals surface area contributed by atoms with Crippen molar-refractivity contribution in [2.45, 2.75) is 31.5 Å². The van der Waals surface area contributed by atoms with Gasteiger partial charge >= 0.3 is 0 Å². The van der Waals surface area contributed by atoms with Gasteiger partial charge in [-0.25, -0.2) is 9.97 Å². The van der Waals surface area contributed by atoms with Crippen molar-refractivity contribution in [2.24, 2.45) is 0 Å². The lowest BCUT2D eigenvalue weighted by Crippen LogP contribution is -2.50. The van der Waals surface area contributed by atoms with Crippen molar-refractivity contribution in [2.75, 3.05) is 25.0 Å². The highest BCUT2D eigenvalue weighted by atomic mass is 16.3. The van der Waals surface area contributed by atoms with Gasteiger partial charge in [0.2, 0.25) is 5.95 Å². The number of piperidine rings is 1. The van der Waals surface area contributed by atoms with Crippen LogP contribution in [0.2, 0.25) is 0 Å². The third-order valence-corrected chi connectivity index (χ3v) is 4.33. The fourth-order valence-corrected chi connectivity index (χ4v) is 3.03. The molecule has 0 saturated carbocycles. The van der Waals surface area contributed by atoms with E-state index in [1.165, 1.54) is 5.56 Å². The van der Waals surface area contributed by atoms with Crippen LogP contribution in [0.15, 0.2) is 42.7 Å². The number of aromatic nitrogens is 2. The Bertz CT molecular complexity index is 635. The standard InChI is InChI=1S/C18H24N4O2/c23-14-18(24)7-4-8-22(13-18)12-16-10-20-17(21-11-16)19-9-15-5-2-1-3-6-15/h1-3,5-6,10-11,23-24H,4,7-9,12-14H2,(H,19,20,21). The maximum absolute atomic E-state index is 10.2. The lowest BCUT2D eigenvalue weighted by atomic mass is 9.93. The normalized spacial score (nSPS) is 21.6. The lowest BCUT2D eigenvalue weighted by Gasteiger charge is -2.37. The van der Waals surface area contributed by atoms with Crippen LogP contribution >= 0.6 is 0 Å². The molecule has 3 rings (SSSR count). The Balaban J connectivity index is 1.53. The van der Waals surface area contributed by atoms with Crippen LogP contribution in [-0.2, 0) is 13.1 Å². The highest BCUT2D eigenvalue weighted by molar-refractivity contribution is 5.27. The highest BCUT2D eigenvalue weighted by Crippen LogP contribution is 2.21. The van der Waals surface area contributed by atoms with Gasteiger partial charge in [0, 0.05) is 37.6 Å². The Labute approximate surface area is 142 Å². The number of anilines is 1. The molecule has 6 nitrogen and oxygen atoms in total. The van der Waals surface area contributed by atoms with Crippen molar-refractivity contribution >= 4 is 5.95 Å². The minimum Gasteiger partial charge on any atom is -0.393 e. The van der Waals surface area contributed by atoms with E-state index in [0.717, 1.165) is 18.5 Å². The van der Waals surface area contributed by atoms with Gasteiger partial charge in [-0.15, -0.1) is 0 Å². The summed E-state index contributed by atoms with van der Waals surface area (Å²) in [6.07, 6.45) is 5.16. The predicted octanol–water partition coefficient (Wildman–Crippen LogP) is 1.41. The van der Waals surface area contributed by atoms with Gasteiger partial charge in [0.1, 0.15) is 5.60 Å². The average Bonchev–Trinajstić information content (AvgIpc) is 2.62. The molecule has 1 atom stereocenters. The van der Waals surface area contributed by atoms with Gasteiger partial charge in [-0.3, -0.25) is 4.90 Å². The second-order valence-electron chi connectivity index (χ2n) is 6.45. The van der Waals surface area contributed by atoms with Crippen LogP contribution in [0.1, 0.15) is 24.0 Å². The first-order chi connectivity index (χ1) is 11.7. The van der Waals surface area contributed by atoms with E-state index >= 15 is 0 Å². The zero-order chi connectivity index (χ0) is 16.8. The molecule has 1 aliphatic rings. The number of hydrogen-bond acceptors (Lipinski definition) is 6. The second-order valence-corrected chi connectivity index (χ2v) is 6.45. The van der Waals surface area contributed by atoms with E-state index in [2.05, 4.69) is 32.3 Å². The van der Waals surface area contributed by atoms with Crippen molar-refractivity contribution in [3.8, 4) is 0 Å². The van der Waals surface area contributed by atoms with Gasteiger partial charge in [0.15, 0.2) is 0 Å². The Kier molecular flexibility index (Phi) is 5.40. The molecule has 3 N–H and O–H groups in total. The van der Waals surface area contributed by atoms with Crippen LogP contribution in [-0.4, -0.2) is 50.4 Å². The first kappa shape index (κ1) is 16.8. The van der Waals surface area contributed by atoms with E-state index in [0.29, 0.717) is 32.0 Å². The molecule has 2 aromatic rings. The van der Waals surface area contributed by atoms with Crippen molar-refractivity contribution in [1.29, 1.82) is 0 Å². The Morgan fingerprint density at radius 2 is 1.88 bits per heavy atom. The molecular formula is C18H24N4O2. The zero-order valence-electron chi connectivity index (χ0n) is 13.7. The molecule has 128 valence electrons. The molecule has 6 heteroatoms. The molecular weight excluding hydrogens is 304 g/mol. The minimum atomic E-state index is -0.976. The summed E-state index contributed by atoms with van der Waals surface area (Å²) in [4.78, 5) is 10.8. The molecule has 1 unspecified atom stereocenters. The van der Waals surface area contributed by atoms with E-state index in [9.17, 15) is 10.2 Å². The fourth-order valence-electron chi connectivity index (χ4n) is 3.03. The van der Waals surface area contributed by atoms with Crippen molar-refractivity contribution in [1.82, 2.24) is 14.9 Å². The summed E-state index contributed by atoms with van der Waals surface area (Å²) in [5, 5.41) is 22.7. The summed E-state index contributed by atoms with van der Waals surface area (Å²) in [5.41, 5.74) is 1.21. The highest BCUT2D eigenvalue weighted by Gasteiger charge is 2.32. The van der Waals surface area contributed by atoms with Gasteiger partial charge in [-0.2, -0.15) is 0 Å². The van der Waals surface area contributed by atoms with Crippen molar-refractivity contribution in [3.05, 3.63) is 53.9 Å². The number of benzene rings is 1.